The predicted molar refractivity (Wildman–Crippen MR) is 75.7 cm³/mol. The van der Waals surface area contributed by atoms with E-state index < -0.39 is 0 Å². The van der Waals surface area contributed by atoms with Gasteiger partial charge in [0.15, 0.2) is 0 Å². The normalized spacial score (nSPS) is 19.3. The van der Waals surface area contributed by atoms with Gasteiger partial charge < -0.3 is 10.1 Å². The monoisotopic (exact) mass is 247 g/mol. The van der Waals surface area contributed by atoms with Crippen LogP contribution in [0.2, 0.25) is 0 Å². The number of nitrogens with one attached hydrogen (secondary N) is 1. The Morgan fingerprint density at radius 3 is 2.67 bits per heavy atom. The first-order chi connectivity index (χ1) is 8.88. The Morgan fingerprint density at radius 2 is 2.00 bits per heavy atom. The molecule has 0 amide bonds. The molecule has 2 heteroatoms. The summed E-state index contributed by atoms with van der Waals surface area (Å²) in [5.41, 5.74) is 2.79. The number of hydrogen-bond donors (Lipinski definition) is 1. The van der Waals surface area contributed by atoms with Crippen LogP contribution in [-0.2, 0) is 17.7 Å². The molecule has 1 N–H and O–H groups in total. The van der Waals surface area contributed by atoms with Gasteiger partial charge in [-0.25, -0.2) is 0 Å². The van der Waals surface area contributed by atoms with Gasteiger partial charge in [0.25, 0.3) is 0 Å². The van der Waals surface area contributed by atoms with Crippen LogP contribution >= 0.6 is 0 Å². The molecule has 1 atom stereocenters. The Hall–Kier alpha value is -0.860. The zero-order chi connectivity index (χ0) is 12.6. The molecular weight excluding hydrogens is 222 g/mol. The van der Waals surface area contributed by atoms with E-state index in [9.17, 15) is 0 Å². The summed E-state index contributed by atoms with van der Waals surface area (Å²) in [5, 5.41) is 3.51. The van der Waals surface area contributed by atoms with Gasteiger partial charge in [0, 0.05) is 13.2 Å². The fraction of sp³-hybridized carbons (Fsp3) is 0.625. The van der Waals surface area contributed by atoms with E-state index in [1.807, 2.05) is 0 Å². The Balaban J connectivity index is 1.56. The van der Waals surface area contributed by atoms with Gasteiger partial charge in [-0.2, -0.15) is 0 Å². The molecule has 18 heavy (non-hydrogen) atoms. The second-order valence-corrected chi connectivity index (χ2v) is 5.12. The van der Waals surface area contributed by atoms with Crippen LogP contribution in [0.4, 0.5) is 0 Å². The van der Waals surface area contributed by atoms with Gasteiger partial charge in [-0.3, -0.25) is 0 Å². The molecule has 2 nitrogen and oxygen atoms in total. The van der Waals surface area contributed by atoms with Crippen LogP contribution in [-0.4, -0.2) is 19.3 Å². The summed E-state index contributed by atoms with van der Waals surface area (Å²) in [7, 11) is 0. The van der Waals surface area contributed by atoms with Gasteiger partial charge in [-0.15, -0.1) is 0 Å². The van der Waals surface area contributed by atoms with E-state index in [2.05, 4.69) is 36.5 Å². The van der Waals surface area contributed by atoms with Crippen molar-refractivity contribution >= 4 is 0 Å². The molecule has 1 aliphatic rings. The molecule has 100 valence electrons. The maximum absolute atomic E-state index is 5.62. The number of benzene rings is 1. The number of aryl methyl sites for hydroxylation is 1. The lowest BCUT2D eigenvalue weighted by atomic mass is 10.1. The average Bonchev–Trinajstić information content (AvgIpc) is 2.92. The van der Waals surface area contributed by atoms with Gasteiger partial charge in [0.05, 0.1) is 6.10 Å². The van der Waals surface area contributed by atoms with Crippen LogP contribution in [0.5, 0.6) is 0 Å². The van der Waals surface area contributed by atoms with Crippen molar-refractivity contribution in [2.24, 2.45) is 0 Å². The van der Waals surface area contributed by atoms with Gasteiger partial charge >= 0.3 is 0 Å². The Bertz CT molecular complexity index is 327. The molecule has 1 aliphatic heterocycles. The zero-order valence-electron chi connectivity index (χ0n) is 11.5. The van der Waals surface area contributed by atoms with Gasteiger partial charge in [0.1, 0.15) is 0 Å². The first kappa shape index (κ1) is 13.6. The first-order valence-corrected chi connectivity index (χ1v) is 7.28. The summed E-state index contributed by atoms with van der Waals surface area (Å²) < 4.78 is 5.62. The Kier molecular flexibility index (Phi) is 5.69. The molecular formula is C16H25NO. The van der Waals surface area contributed by atoms with Crippen molar-refractivity contribution in [1.29, 1.82) is 0 Å². The molecule has 0 spiro atoms. The molecule has 0 saturated carbocycles. The largest absolute Gasteiger partial charge is 0.378 e. The van der Waals surface area contributed by atoms with Crippen LogP contribution in [0, 0.1) is 0 Å². The van der Waals surface area contributed by atoms with Crippen molar-refractivity contribution in [2.75, 3.05) is 13.2 Å². The van der Waals surface area contributed by atoms with Crippen molar-refractivity contribution in [3.8, 4) is 0 Å². The Morgan fingerprint density at radius 1 is 1.22 bits per heavy atom. The molecule has 0 bridgehead atoms. The van der Waals surface area contributed by atoms with Gasteiger partial charge in [-0.05, 0) is 49.8 Å². The molecule has 1 aromatic carbocycles. The van der Waals surface area contributed by atoms with Crippen LogP contribution in [0.25, 0.3) is 0 Å². The molecule has 1 fully saturated rings. The van der Waals surface area contributed by atoms with E-state index in [1.54, 1.807) is 0 Å². The fourth-order valence-corrected chi connectivity index (χ4v) is 2.45. The summed E-state index contributed by atoms with van der Waals surface area (Å²) in [6.45, 7) is 5.24. The lowest BCUT2D eigenvalue weighted by Gasteiger charge is -2.09. The molecule has 0 radical (unpaired) electrons. The Labute approximate surface area is 111 Å². The van der Waals surface area contributed by atoms with Crippen molar-refractivity contribution in [2.45, 2.75) is 51.7 Å². The van der Waals surface area contributed by atoms with E-state index in [0.717, 1.165) is 26.1 Å². The second kappa shape index (κ2) is 7.55. The third-order valence-electron chi connectivity index (χ3n) is 3.66. The third-order valence-corrected chi connectivity index (χ3v) is 3.66. The van der Waals surface area contributed by atoms with Crippen LogP contribution in [0.3, 0.4) is 0 Å². The van der Waals surface area contributed by atoms with Crippen molar-refractivity contribution in [3.05, 3.63) is 35.4 Å². The lowest BCUT2D eigenvalue weighted by Crippen LogP contribution is -2.16. The van der Waals surface area contributed by atoms with Crippen LogP contribution in [0.15, 0.2) is 24.3 Å². The molecule has 2 rings (SSSR count). The van der Waals surface area contributed by atoms with E-state index in [1.165, 1.54) is 36.8 Å². The van der Waals surface area contributed by atoms with Crippen molar-refractivity contribution in [1.82, 2.24) is 5.32 Å². The highest BCUT2D eigenvalue weighted by Crippen LogP contribution is 2.16. The molecule has 1 aromatic rings. The lowest BCUT2D eigenvalue weighted by molar-refractivity contribution is 0.102. The highest BCUT2D eigenvalue weighted by atomic mass is 16.5. The minimum atomic E-state index is 0.538. The van der Waals surface area contributed by atoms with E-state index >= 15 is 0 Å². The molecule has 1 unspecified atom stereocenters. The average molecular weight is 247 g/mol. The molecule has 1 heterocycles. The molecule has 0 aromatic heterocycles. The zero-order valence-corrected chi connectivity index (χ0v) is 11.5. The fourth-order valence-electron chi connectivity index (χ4n) is 2.45. The summed E-state index contributed by atoms with van der Waals surface area (Å²) in [6.07, 6.45) is 6.60. The number of ether oxygens (including phenoxy) is 1. The summed E-state index contributed by atoms with van der Waals surface area (Å²) in [6, 6.07) is 8.91. The van der Waals surface area contributed by atoms with Gasteiger partial charge in [0.2, 0.25) is 0 Å². The van der Waals surface area contributed by atoms with Crippen molar-refractivity contribution in [3.63, 3.8) is 0 Å². The van der Waals surface area contributed by atoms with E-state index in [-0.39, 0.29) is 0 Å². The summed E-state index contributed by atoms with van der Waals surface area (Å²) >= 11 is 0. The van der Waals surface area contributed by atoms with E-state index in [0.29, 0.717) is 6.10 Å². The maximum atomic E-state index is 5.62. The quantitative estimate of drug-likeness (QED) is 0.746. The summed E-state index contributed by atoms with van der Waals surface area (Å²) in [5.74, 6) is 0. The third kappa shape index (κ3) is 4.43. The number of hydrogen-bond acceptors (Lipinski definition) is 2. The van der Waals surface area contributed by atoms with Crippen LogP contribution in [0.1, 0.15) is 43.7 Å². The highest BCUT2D eigenvalue weighted by Gasteiger charge is 2.14. The van der Waals surface area contributed by atoms with Crippen LogP contribution < -0.4 is 5.32 Å². The molecule has 0 aliphatic carbocycles. The maximum Gasteiger partial charge on any atom is 0.0576 e. The van der Waals surface area contributed by atoms with Gasteiger partial charge in [-0.1, -0.05) is 31.2 Å². The minimum Gasteiger partial charge on any atom is -0.378 e. The summed E-state index contributed by atoms with van der Waals surface area (Å²) in [4.78, 5) is 0. The first-order valence-electron chi connectivity index (χ1n) is 7.28. The second-order valence-electron chi connectivity index (χ2n) is 5.12. The molecule has 1 saturated heterocycles. The standard InChI is InChI=1S/C16H25NO/c1-2-14-7-9-15(10-8-14)13-17-11-3-5-16-6-4-12-18-16/h7-10,16-17H,2-6,11-13H2,1H3. The van der Waals surface area contributed by atoms with E-state index in [4.69, 9.17) is 4.74 Å². The van der Waals surface area contributed by atoms with Crippen molar-refractivity contribution < 1.29 is 4.74 Å². The number of rotatable bonds is 7. The highest BCUT2D eigenvalue weighted by molar-refractivity contribution is 5.22. The topological polar surface area (TPSA) is 21.3 Å². The SMILES string of the molecule is CCc1ccc(CNCCCC2CCCO2)cc1. The predicted octanol–water partition coefficient (Wildman–Crippen LogP) is 3.30. The smallest absolute Gasteiger partial charge is 0.0576 e. The minimum absolute atomic E-state index is 0.538.